The molecular formula is C23H26ClN3O4S2. The number of hydrogen-bond acceptors (Lipinski definition) is 5. The molecule has 0 radical (unpaired) electrons. The number of halogens is 1. The van der Waals surface area contributed by atoms with Gasteiger partial charge in [-0.3, -0.25) is 4.79 Å². The highest BCUT2D eigenvalue weighted by molar-refractivity contribution is 7.89. The molecule has 1 saturated heterocycles. The van der Waals surface area contributed by atoms with Gasteiger partial charge in [0.1, 0.15) is 0 Å². The summed E-state index contributed by atoms with van der Waals surface area (Å²) in [5, 5.41) is 0.668. The largest absolute Gasteiger partial charge is 0.377 e. The van der Waals surface area contributed by atoms with Gasteiger partial charge in [0.05, 0.1) is 21.2 Å². The number of aromatic nitrogens is 1. The fourth-order valence-electron chi connectivity index (χ4n) is 3.97. The van der Waals surface area contributed by atoms with Gasteiger partial charge in [-0.25, -0.2) is 8.42 Å². The number of nitrogens with zero attached hydrogens (tertiary/aromatic N) is 3. The first-order chi connectivity index (χ1) is 15.7. The minimum absolute atomic E-state index is 0.0745. The Kier molecular flexibility index (Phi) is 7.07. The fraction of sp³-hybridized carbons (Fsp3) is 0.391. The maximum atomic E-state index is 12.9. The molecule has 0 saturated carbocycles. The van der Waals surface area contributed by atoms with Crippen molar-refractivity contribution in [2.75, 3.05) is 20.2 Å². The molecule has 0 spiro atoms. The SMILES string of the molecule is CCn1c(=NC(=O)c2ccc(S(=O)(=O)N(C)CC3CCCO3)cc2)sc2ccc(Cl)c(C)c21. The number of fused-ring (bicyclic) bond motifs is 1. The number of carbonyl (C=O) groups excluding carboxylic acids is 1. The number of benzene rings is 2. The number of likely N-dealkylation sites (N-methyl/N-ethyl adjacent to an activating group) is 1. The van der Waals surface area contributed by atoms with Gasteiger partial charge in [0, 0.05) is 37.3 Å². The first-order valence-electron chi connectivity index (χ1n) is 10.8. The predicted octanol–water partition coefficient (Wildman–Crippen LogP) is 4.23. The molecule has 176 valence electrons. The van der Waals surface area contributed by atoms with E-state index >= 15 is 0 Å². The van der Waals surface area contributed by atoms with E-state index in [0.717, 1.165) is 28.6 Å². The van der Waals surface area contributed by atoms with Gasteiger partial charge in [-0.05, 0) is 68.7 Å². The molecule has 3 aromatic rings. The van der Waals surface area contributed by atoms with Crippen LogP contribution in [0.4, 0.5) is 0 Å². The van der Waals surface area contributed by atoms with E-state index in [9.17, 15) is 13.2 Å². The zero-order valence-corrected chi connectivity index (χ0v) is 21.1. The lowest BCUT2D eigenvalue weighted by Gasteiger charge is -2.20. The molecule has 2 aromatic carbocycles. The van der Waals surface area contributed by atoms with Crippen LogP contribution in [-0.4, -0.2) is 49.5 Å². The molecule has 1 aliphatic rings. The van der Waals surface area contributed by atoms with Gasteiger partial charge in [0.2, 0.25) is 10.0 Å². The summed E-state index contributed by atoms with van der Waals surface area (Å²) in [4.78, 5) is 17.9. The van der Waals surface area contributed by atoms with Crippen LogP contribution in [0.3, 0.4) is 0 Å². The van der Waals surface area contributed by atoms with Crippen molar-refractivity contribution in [3.05, 3.63) is 57.3 Å². The number of hydrogen-bond donors (Lipinski definition) is 0. The summed E-state index contributed by atoms with van der Waals surface area (Å²) in [7, 11) is -2.12. The third kappa shape index (κ3) is 4.79. The van der Waals surface area contributed by atoms with Crippen molar-refractivity contribution < 1.29 is 17.9 Å². The minimum Gasteiger partial charge on any atom is -0.377 e. The fourth-order valence-corrected chi connectivity index (χ4v) is 6.48. The lowest BCUT2D eigenvalue weighted by Crippen LogP contribution is -2.34. The van der Waals surface area contributed by atoms with Crippen molar-refractivity contribution >= 4 is 49.1 Å². The van der Waals surface area contributed by atoms with Crippen LogP contribution in [-0.2, 0) is 21.3 Å². The van der Waals surface area contributed by atoms with Crippen LogP contribution in [0, 0.1) is 6.92 Å². The molecule has 2 heterocycles. The van der Waals surface area contributed by atoms with Gasteiger partial charge in [0.25, 0.3) is 5.91 Å². The van der Waals surface area contributed by atoms with Crippen LogP contribution in [0.25, 0.3) is 10.2 Å². The van der Waals surface area contributed by atoms with Gasteiger partial charge >= 0.3 is 0 Å². The number of sulfonamides is 1. The average molecular weight is 508 g/mol. The van der Waals surface area contributed by atoms with Gasteiger partial charge in [-0.15, -0.1) is 0 Å². The van der Waals surface area contributed by atoms with Crippen LogP contribution in [0.15, 0.2) is 46.3 Å². The molecule has 1 aliphatic heterocycles. The highest BCUT2D eigenvalue weighted by atomic mass is 35.5. The van der Waals surface area contributed by atoms with Gasteiger partial charge < -0.3 is 9.30 Å². The standard InChI is InChI=1S/C23H26ClN3O4S2/c1-4-27-21-15(2)19(24)11-12-20(21)32-23(27)25-22(28)16-7-9-18(10-8-16)33(29,30)26(3)14-17-6-5-13-31-17/h7-12,17H,4-6,13-14H2,1-3H3. The number of ether oxygens (including phenoxy) is 1. The van der Waals surface area contributed by atoms with E-state index in [1.807, 2.05) is 30.5 Å². The predicted molar refractivity (Wildman–Crippen MR) is 130 cm³/mol. The molecule has 0 N–H and O–H groups in total. The molecule has 4 rings (SSSR count). The van der Waals surface area contributed by atoms with Crippen LogP contribution in [0.5, 0.6) is 0 Å². The van der Waals surface area contributed by atoms with E-state index in [1.165, 1.54) is 39.9 Å². The Morgan fingerprint density at radius 3 is 2.64 bits per heavy atom. The van der Waals surface area contributed by atoms with Crippen molar-refractivity contribution in [3.8, 4) is 0 Å². The Bertz CT molecular complexity index is 1350. The minimum atomic E-state index is -3.67. The molecule has 1 aromatic heterocycles. The Morgan fingerprint density at radius 2 is 2.00 bits per heavy atom. The van der Waals surface area contributed by atoms with Gasteiger partial charge in [-0.1, -0.05) is 22.9 Å². The number of aryl methyl sites for hydroxylation is 2. The summed E-state index contributed by atoms with van der Waals surface area (Å²) in [6, 6.07) is 9.68. The second-order valence-electron chi connectivity index (χ2n) is 8.01. The summed E-state index contributed by atoms with van der Waals surface area (Å²) in [6.45, 7) is 5.56. The van der Waals surface area contributed by atoms with E-state index in [2.05, 4.69) is 4.99 Å². The zero-order chi connectivity index (χ0) is 23.8. The Hall–Kier alpha value is -2.04. The maximum absolute atomic E-state index is 12.9. The first kappa shape index (κ1) is 24.1. The van der Waals surface area contributed by atoms with Crippen molar-refractivity contribution in [1.29, 1.82) is 0 Å². The molecular weight excluding hydrogens is 482 g/mol. The van der Waals surface area contributed by atoms with E-state index < -0.39 is 15.9 Å². The molecule has 1 fully saturated rings. The molecule has 33 heavy (non-hydrogen) atoms. The van der Waals surface area contributed by atoms with Gasteiger partial charge in [0.15, 0.2) is 4.80 Å². The highest BCUT2D eigenvalue weighted by Gasteiger charge is 2.26. The topological polar surface area (TPSA) is 81.0 Å². The zero-order valence-electron chi connectivity index (χ0n) is 18.7. The molecule has 0 bridgehead atoms. The molecule has 1 atom stereocenters. The van der Waals surface area contributed by atoms with Crippen LogP contribution >= 0.6 is 22.9 Å². The maximum Gasteiger partial charge on any atom is 0.279 e. The monoisotopic (exact) mass is 507 g/mol. The van der Waals surface area contributed by atoms with Crippen molar-refractivity contribution in [2.24, 2.45) is 4.99 Å². The average Bonchev–Trinajstić information content (AvgIpc) is 3.43. The first-order valence-corrected chi connectivity index (χ1v) is 13.4. The van der Waals surface area contributed by atoms with Crippen LogP contribution in [0.1, 0.15) is 35.7 Å². The number of amides is 1. The Morgan fingerprint density at radius 1 is 1.27 bits per heavy atom. The molecule has 7 nitrogen and oxygen atoms in total. The lowest BCUT2D eigenvalue weighted by atomic mass is 10.2. The highest BCUT2D eigenvalue weighted by Crippen LogP contribution is 2.27. The third-order valence-electron chi connectivity index (χ3n) is 5.84. The summed E-state index contributed by atoms with van der Waals surface area (Å²) in [5.41, 5.74) is 2.24. The normalized spacial score (nSPS) is 17.4. The Balaban J connectivity index is 1.60. The summed E-state index contributed by atoms with van der Waals surface area (Å²) in [5.74, 6) is -0.427. The second-order valence-corrected chi connectivity index (χ2v) is 11.5. The smallest absolute Gasteiger partial charge is 0.279 e. The van der Waals surface area contributed by atoms with Crippen LogP contribution < -0.4 is 4.80 Å². The van der Waals surface area contributed by atoms with Crippen molar-refractivity contribution in [3.63, 3.8) is 0 Å². The molecule has 0 aliphatic carbocycles. The number of thiazole rings is 1. The Labute approximate surface area is 202 Å². The van der Waals surface area contributed by atoms with E-state index in [4.69, 9.17) is 16.3 Å². The van der Waals surface area contributed by atoms with Crippen molar-refractivity contribution in [2.45, 2.75) is 44.2 Å². The van der Waals surface area contributed by atoms with E-state index in [-0.39, 0.29) is 11.0 Å². The van der Waals surface area contributed by atoms with Gasteiger partial charge in [-0.2, -0.15) is 9.30 Å². The number of rotatable bonds is 6. The van der Waals surface area contributed by atoms with Crippen molar-refractivity contribution in [1.82, 2.24) is 8.87 Å². The summed E-state index contributed by atoms with van der Waals surface area (Å²) >= 11 is 7.71. The molecule has 1 unspecified atom stereocenters. The third-order valence-corrected chi connectivity index (χ3v) is 9.13. The number of carbonyl (C=O) groups is 1. The van der Waals surface area contributed by atoms with E-state index in [0.29, 0.717) is 35.1 Å². The molecule has 10 heteroatoms. The summed E-state index contributed by atoms with van der Waals surface area (Å²) in [6.07, 6.45) is 1.73. The quantitative estimate of drug-likeness (QED) is 0.500. The van der Waals surface area contributed by atoms with E-state index in [1.54, 1.807) is 7.05 Å². The summed E-state index contributed by atoms with van der Waals surface area (Å²) < 4.78 is 35.6. The second kappa shape index (κ2) is 9.68. The lowest BCUT2D eigenvalue weighted by molar-refractivity contribution is 0.0979. The molecule has 1 amide bonds. The van der Waals surface area contributed by atoms with Crippen LogP contribution in [0.2, 0.25) is 5.02 Å².